The first kappa shape index (κ1) is 21.1. The average Bonchev–Trinajstić information content (AvgIpc) is 3.54. The Morgan fingerprint density at radius 3 is 2.58 bits per heavy atom. The number of carbonyl (C=O) groups is 2. The summed E-state index contributed by atoms with van der Waals surface area (Å²) < 4.78 is 16.5. The van der Waals surface area contributed by atoms with Gasteiger partial charge < -0.3 is 19.5 Å². The molecule has 1 aliphatic heterocycles. The number of amides is 1. The van der Waals surface area contributed by atoms with Crippen molar-refractivity contribution in [3.63, 3.8) is 0 Å². The number of rotatable bonds is 7. The smallest absolute Gasteiger partial charge is 0.251 e. The summed E-state index contributed by atoms with van der Waals surface area (Å²) in [6.07, 6.45) is 1.99. The SMILES string of the molecule is CNC(=O)c1cccc(-c2cc(CC(=O)C3(c4ccc5c(c4)OCO5)CC3)ccc2OC)c1. The van der Waals surface area contributed by atoms with Crippen LogP contribution in [0.1, 0.15) is 34.3 Å². The van der Waals surface area contributed by atoms with E-state index in [2.05, 4.69) is 5.32 Å². The monoisotopic (exact) mass is 443 g/mol. The second kappa shape index (κ2) is 8.28. The largest absolute Gasteiger partial charge is 0.496 e. The van der Waals surface area contributed by atoms with Crippen molar-refractivity contribution < 1.29 is 23.8 Å². The molecule has 0 saturated heterocycles. The summed E-state index contributed by atoms with van der Waals surface area (Å²) in [5.74, 6) is 2.16. The topological polar surface area (TPSA) is 73.9 Å². The van der Waals surface area contributed by atoms with Crippen LogP contribution in [0.5, 0.6) is 17.2 Å². The van der Waals surface area contributed by atoms with Crippen LogP contribution < -0.4 is 19.5 Å². The van der Waals surface area contributed by atoms with Crippen LogP contribution in [0.25, 0.3) is 11.1 Å². The van der Waals surface area contributed by atoms with Gasteiger partial charge in [-0.25, -0.2) is 0 Å². The minimum absolute atomic E-state index is 0.151. The minimum Gasteiger partial charge on any atom is -0.496 e. The van der Waals surface area contributed by atoms with Crippen LogP contribution in [0.3, 0.4) is 0 Å². The molecule has 33 heavy (non-hydrogen) atoms. The van der Waals surface area contributed by atoms with Gasteiger partial charge in [0, 0.05) is 24.6 Å². The average molecular weight is 443 g/mol. The fourth-order valence-corrected chi connectivity index (χ4v) is 4.47. The number of benzene rings is 3. The van der Waals surface area contributed by atoms with E-state index in [1.165, 1.54) is 0 Å². The van der Waals surface area contributed by atoms with Gasteiger partial charge in [-0.3, -0.25) is 9.59 Å². The summed E-state index contributed by atoms with van der Waals surface area (Å²) in [6, 6.07) is 19.0. The third-order valence-electron chi connectivity index (χ3n) is 6.50. The van der Waals surface area contributed by atoms with Crippen molar-refractivity contribution in [1.29, 1.82) is 0 Å². The Hall–Kier alpha value is -3.80. The summed E-state index contributed by atoms with van der Waals surface area (Å²) in [4.78, 5) is 25.5. The van der Waals surface area contributed by atoms with E-state index >= 15 is 0 Å². The van der Waals surface area contributed by atoms with E-state index in [9.17, 15) is 9.59 Å². The Labute approximate surface area is 192 Å². The van der Waals surface area contributed by atoms with E-state index in [1.54, 1.807) is 20.2 Å². The zero-order valence-corrected chi connectivity index (χ0v) is 18.6. The van der Waals surface area contributed by atoms with E-state index in [4.69, 9.17) is 14.2 Å². The molecule has 3 aromatic carbocycles. The second-order valence-electron chi connectivity index (χ2n) is 8.44. The molecule has 5 rings (SSSR count). The van der Waals surface area contributed by atoms with Gasteiger partial charge in [0.25, 0.3) is 5.91 Å². The van der Waals surface area contributed by atoms with Crippen molar-refractivity contribution in [2.24, 2.45) is 0 Å². The first-order valence-electron chi connectivity index (χ1n) is 11.0. The van der Waals surface area contributed by atoms with Crippen LogP contribution in [-0.2, 0) is 16.6 Å². The lowest BCUT2D eigenvalue weighted by molar-refractivity contribution is -0.120. The molecular weight excluding hydrogens is 418 g/mol. The fraction of sp³-hybridized carbons (Fsp3) is 0.259. The highest BCUT2D eigenvalue weighted by Gasteiger charge is 2.50. The molecule has 1 heterocycles. The standard InChI is InChI=1S/C27H25NO5/c1-28-26(30)19-5-3-4-18(14-19)21-12-17(6-8-22(21)31-2)13-25(29)27(10-11-27)20-7-9-23-24(15-20)33-16-32-23/h3-9,12,14-15H,10-11,13,16H2,1-2H3,(H,28,30). The van der Waals surface area contributed by atoms with Gasteiger partial charge in [-0.1, -0.05) is 24.3 Å². The number of hydrogen-bond acceptors (Lipinski definition) is 5. The zero-order valence-electron chi connectivity index (χ0n) is 18.6. The number of ketones is 1. The van der Waals surface area contributed by atoms with E-state index < -0.39 is 5.41 Å². The molecule has 0 radical (unpaired) electrons. The number of methoxy groups -OCH3 is 1. The van der Waals surface area contributed by atoms with Gasteiger partial charge >= 0.3 is 0 Å². The molecular formula is C27H25NO5. The van der Waals surface area contributed by atoms with Crippen molar-refractivity contribution >= 4 is 11.7 Å². The van der Waals surface area contributed by atoms with E-state index in [-0.39, 0.29) is 18.5 Å². The quantitative estimate of drug-likeness (QED) is 0.590. The van der Waals surface area contributed by atoms with Crippen molar-refractivity contribution in [2.75, 3.05) is 21.0 Å². The molecule has 1 amide bonds. The molecule has 1 saturated carbocycles. The van der Waals surface area contributed by atoms with Gasteiger partial charge in [0.1, 0.15) is 11.5 Å². The number of fused-ring (bicyclic) bond motifs is 1. The Balaban J connectivity index is 1.43. The van der Waals surface area contributed by atoms with E-state index in [0.29, 0.717) is 23.5 Å². The fourth-order valence-electron chi connectivity index (χ4n) is 4.47. The van der Waals surface area contributed by atoms with Crippen molar-refractivity contribution in [3.8, 4) is 28.4 Å². The van der Waals surface area contributed by atoms with Gasteiger partial charge in [0.05, 0.1) is 12.5 Å². The molecule has 1 N–H and O–H groups in total. The van der Waals surface area contributed by atoms with Gasteiger partial charge in [0.2, 0.25) is 6.79 Å². The highest BCUT2D eigenvalue weighted by atomic mass is 16.7. The molecule has 0 unspecified atom stereocenters. The summed E-state index contributed by atoms with van der Waals surface area (Å²) in [7, 11) is 3.22. The van der Waals surface area contributed by atoms with E-state index in [1.807, 2.05) is 54.6 Å². The van der Waals surface area contributed by atoms with Crippen molar-refractivity contribution in [1.82, 2.24) is 5.32 Å². The Morgan fingerprint density at radius 1 is 1.00 bits per heavy atom. The Kier molecular flexibility index (Phi) is 5.29. The Morgan fingerprint density at radius 2 is 1.82 bits per heavy atom. The van der Waals surface area contributed by atoms with Crippen LogP contribution in [-0.4, -0.2) is 32.6 Å². The maximum absolute atomic E-state index is 13.4. The normalized spacial score (nSPS) is 15.1. The molecule has 3 aromatic rings. The summed E-state index contributed by atoms with van der Waals surface area (Å²) in [5.41, 5.74) is 3.72. The van der Waals surface area contributed by atoms with Crippen molar-refractivity contribution in [2.45, 2.75) is 24.7 Å². The summed E-state index contributed by atoms with van der Waals surface area (Å²) in [6.45, 7) is 0.218. The lowest BCUT2D eigenvalue weighted by atomic mass is 9.87. The first-order chi connectivity index (χ1) is 16.0. The minimum atomic E-state index is -0.458. The molecule has 1 aliphatic carbocycles. The number of Topliss-reactive ketones (excluding diaryl/α,β-unsaturated/α-hetero) is 1. The summed E-state index contributed by atoms with van der Waals surface area (Å²) in [5, 5.41) is 2.65. The predicted octanol–water partition coefficient (Wildman–Crippen LogP) is 4.29. The van der Waals surface area contributed by atoms with Crippen molar-refractivity contribution in [3.05, 3.63) is 77.4 Å². The lowest BCUT2D eigenvalue weighted by Crippen LogP contribution is -2.22. The first-order valence-corrected chi connectivity index (χ1v) is 11.0. The number of hydrogen-bond donors (Lipinski definition) is 1. The maximum Gasteiger partial charge on any atom is 0.251 e. The maximum atomic E-state index is 13.4. The second-order valence-corrected chi connectivity index (χ2v) is 8.44. The van der Waals surface area contributed by atoms with Crippen LogP contribution in [0, 0.1) is 0 Å². The van der Waals surface area contributed by atoms with Gasteiger partial charge in [-0.15, -0.1) is 0 Å². The molecule has 6 nitrogen and oxygen atoms in total. The number of ether oxygens (including phenoxy) is 3. The molecule has 0 aromatic heterocycles. The van der Waals surface area contributed by atoms with Gasteiger partial charge in [-0.2, -0.15) is 0 Å². The van der Waals surface area contributed by atoms with Crippen LogP contribution in [0.4, 0.5) is 0 Å². The molecule has 0 spiro atoms. The highest BCUT2D eigenvalue weighted by molar-refractivity contribution is 5.96. The Bertz CT molecular complexity index is 1250. The number of nitrogens with one attached hydrogen (secondary N) is 1. The lowest BCUT2D eigenvalue weighted by Gasteiger charge is -2.16. The molecule has 0 atom stereocenters. The molecule has 1 fully saturated rings. The molecule has 0 bridgehead atoms. The van der Waals surface area contributed by atoms with Crippen LogP contribution >= 0.6 is 0 Å². The zero-order chi connectivity index (χ0) is 23.0. The van der Waals surface area contributed by atoms with Gasteiger partial charge in [0.15, 0.2) is 11.5 Å². The van der Waals surface area contributed by atoms with Crippen LogP contribution in [0.15, 0.2) is 60.7 Å². The highest BCUT2D eigenvalue weighted by Crippen LogP contribution is 2.51. The van der Waals surface area contributed by atoms with E-state index in [0.717, 1.165) is 40.8 Å². The predicted molar refractivity (Wildman–Crippen MR) is 124 cm³/mol. The van der Waals surface area contributed by atoms with Crippen LogP contribution in [0.2, 0.25) is 0 Å². The number of carbonyl (C=O) groups excluding carboxylic acids is 2. The molecule has 6 heteroatoms. The molecule has 168 valence electrons. The third kappa shape index (κ3) is 3.82. The third-order valence-corrected chi connectivity index (χ3v) is 6.50. The molecule has 2 aliphatic rings. The van der Waals surface area contributed by atoms with Gasteiger partial charge in [-0.05, 0) is 65.9 Å². The summed E-state index contributed by atoms with van der Waals surface area (Å²) >= 11 is 0.